The van der Waals surface area contributed by atoms with E-state index in [2.05, 4.69) is 0 Å². The van der Waals surface area contributed by atoms with Crippen molar-refractivity contribution < 1.29 is 12.8 Å². The first-order chi connectivity index (χ1) is 13.0. The second-order valence-corrected chi connectivity index (χ2v) is 8.36. The fourth-order valence-electron chi connectivity index (χ4n) is 3.28. The normalized spacial score (nSPS) is 13.9. The second-order valence-electron chi connectivity index (χ2n) is 6.49. The average molecular weight is 379 g/mol. The zero-order valence-corrected chi connectivity index (χ0v) is 15.6. The molecular formula is C22H18FNO2S. The van der Waals surface area contributed by atoms with Crippen LogP contribution in [0.25, 0.3) is 5.57 Å². The van der Waals surface area contributed by atoms with Crippen LogP contribution in [0.5, 0.6) is 0 Å². The molecule has 0 fully saturated rings. The first-order valence-electron chi connectivity index (χ1n) is 8.62. The van der Waals surface area contributed by atoms with Crippen LogP contribution in [0.15, 0.2) is 83.8 Å². The Labute approximate surface area is 158 Å². The number of halogens is 1. The highest BCUT2D eigenvalue weighted by Crippen LogP contribution is 2.38. The monoisotopic (exact) mass is 379 g/mol. The van der Waals surface area contributed by atoms with Gasteiger partial charge in [0, 0.05) is 5.56 Å². The second kappa shape index (κ2) is 6.67. The Balaban J connectivity index is 1.85. The van der Waals surface area contributed by atoms with Gasteiger partial charge in [0.05, 0.1) is 17.1 Å². The molecule has 0 bridgehead atoms. The fourth-order valence-corrected chi connectivity index (χ4v) is 4.70. The zero-order chi connectivity index (χ0) is 19.0. The molecule has 136 valence electrons. The number of fused-ring (bicyclic) bond motifs is 1. The summed E-state index contributed by atoms with van der Waals surface area (Å²) in [4.78, 5) is 0.222. The van der Waals surface area contributed by atoms with E-state index < -0.39 is 15.8 Å². The van der Waals surface area contributed by atoms with Crippen LogP contribution in [0, 0.1) is 12.7 Å². The average Bonchev–Trinajstić information content (AvgIpc) is 2.68. The lowest BCUT2D eigenvalue weighted by Gasteiger charge is -2.30. The number of anilines is 1. The van der Waals surface area contributed by atoms with E-state index >= 15 is 0 Å². The van der Waals surface area contributed by atoms with Crippen LogP contribution in [-0.2, 0) is 10.0 Å². The predicted molar refractivity (Wildman–Crippen MR) is 106 cm³/mol. The molecule has 1 aliphatic rings. The maximum Gasteiger partial charge on any atom is 0.264 e. The van der Waals surface area contributed by atoms with Gasteiger partial charge in [0.25, 0.3) is 10.0 Å². The summed E-state index contributed by atoms with van der Waals surface area (Å²) < 4.78 is 41.7. The van der Waals surface area contributed by atoms with Gasteiger partial charge in [-0.15, -0.1) is 0 Å². The molecule has 0 atom stereocenters. The molecule has 4 rings (SSSR count). The molecular weight excluding hydrogens is 361 g/mol. The summed E-state index contributed by atoms with van der Waals surface area (Å²) in [5.41, 5.74) is 3.81. The third-order valence-electron chi connectivity index (χ3n) is 4.67. The van der Waals surface area contributed by atoms with Crippen LogP contribution < -0.4 is 4.31 Å². The van der Waals surface area contributed by atoms with E-state index in [0.717, 1.165) is 16.7 Å². The topological polar surface area (TPSA) is 37.4 Å². The highest BCUT2D eigenvalue weighted by Gasteiger charge is 2.30. The molecule has 0 aromatic heterocycles. The maximum absolute atomic E-state index is 14.0. The zero-order valence-electron chi connectivity index (χ0n) is 14.8. The van der Waals surface area contributed by atoms with Crippen molar-refractivity contribution in [2.24, 2.45) is 0 Å². The van der Waals surface area contributed by atoms with E-state index in [9.17, 15) is 12.8 Å². The summed E-state index contributed by atoms with van der Waals surface area (Å²) in [6.07, 6.45) is 1.84. The van der Waals surface area contributed by atoms with Gasteiger partial charge in [-0.2, -0.15) is 0 Å². The highest BCUT2D eigenvalue weighted by molar-refractivity contribution is 7.92. The summed E-state index contributed by atoms with van der Waals surface area (Å²) in [6, 6.07) is 20.6. The maximum atomic E-state index is 14.0. The van der Waals surface area contributed by atoms with Crippen LogP contribution in [0.1, 0.15) is 16.7 Å². The number of rotatable bonds is 3. The summed E-state index contributed by atoms with van der Waals surface area (Å²) in [5, 5.41) is 0. The van der Waals surface area contributed by atoms with Crippen molar-refractivity contribution in [3.8, 4) is 0 Å². The first kappa shape index (κ1) is 17.5. The molecule has 3 aromatic carbocycles. The Morgan fingerprint density at radius 3 is 2.33 bits per heavy atom. The minimum atomic E-state index is -3.74. The molecule has 0 amide bonds. The molecule has 3 nitrogen and oxygen atoms in total. The molecule has 0 saturated carbocycles. The van der Waals surface area contributed by atoms with Gasteiger partial charge in [-0.05, 0) is 48.4 Å². The lowest BCUT2D eigenvalue weighted by atomic mass is 9.94. The van der Waals surface area contributed by atoms with Crippen molar-refractivity contribution in [1.29, 1.82) is 0 Å². The summed E-state index contributed by atoms with van der Waals surface area (Å²) in [6.45, 7) is 2.10. The molecule has 0 radical (unpaired) electrons. The van der Waals surface area contributed by atoms with E-state index in [0.29, 0.717) is 11.3 Å². The number of nitrogens with zero attached hydrogens (tertiary/aromatic N) is 1. The molecule has 0 spiro atoms. The van der Waals surface area contributed by atoms with Gasteiger partial charge in [0.15, 0.2) is 0 Å². The van der Waals surface area contributed by atoms with Crippen molar-refractivity contribution in [3.05, 3.63) is 101 Å². The van der Waals surface area contributed by atoms with Gasteiger partial charge in [-0.25, -0.2) is 12.8 Å². The van der Waals surface area contributed by atoms with Crippen LogP contribution in [0.3, 0.4) is 0 Å². The number of benzene rings is 3. The predicted octanol–water partition coefficient (Wildman–Crippen LogP) is 4.77. The Hall–Kier alpha value is -2.92. The standard InChI is InChI=1S/C22H18FNO2S/c1-16-7-10-19(11-8-16)27(25,26)24-14-13-20(17-5-3-2-4-6-17)21-15-18(23)9-12-22(21)24/h2-13,15H,14H2,1H3. The van der Waals surface area contributed by atoms with Crippen molar-refractivity contribution in [3.63, 3.8) is 0 Å². The van der Waals surface area contributed by atoms with Crippen molar-refractivity contribution in [1.82, 2.24) is 0 Å². The fraction of sp³-hybridized carbons (Fsp3) is 0.0909. The van der Waals surface area contributed by atoms with Crippen LogP contribution in [-0.4, -0.2) is 15.0 Å². The largest absolute Gasteiger partial charge is 0.264 e. The van der Waals surface area contributed by atoms with Crippen LogP contribution in [0.2, 0.25) is 0 Å². The van der Waals surface area contributed by atoms with Crippen molar-refractivity contribution in [2.45, 2.75) is 11.8 Å². The Kier molecular flexibility index (Phi) is 4.32. The Morgan fingerprint density at radius 2 is 1.63 bits per heavy atom. The summed E-state index contributed by atoms with van der Waals surface area (Å²) >= 11 is 0. The van der Waals surface area contributed by atoms with Gasteiger partial charge in [0.1, 0.15) is 5.82 Å². The Morgan fingerprint density at radius 1 is 0.926 bits per heavy atom. The number of aryl methyl sites for hydroxylation is 1. The minimum Gasteiger partial charge on any atom is -0.262 e. The molecule has 5 heteroatoms. The molecule has 1 heterocycles. The smallest absolute Gasteiger partial charge is 0.262 e. The van der Waals surface area contributed by atoms with Gasteiger partial charge in [0.2, 0.25) is 0 Å². The number of sulfonamides is 1. The summed E-state index contributed by atoms with van der Waals surface area (Å²) in [7, 11) is -3.74. The molecule has 27 heavy (non-hydrogen) atoms. The van der Waals surface area contributed by atoms with Gasteiger partial charge < -0.3 is 0 Å². The Bertz CT molecular complexity index is 1120. The molecule has 0 aliphatic carbocycles. The van der Waals surface area contributed by atoms with E-state index in [-0.39, 0.29) is 11.4 Å². The van der Waals surface area contributed by atoms with Crippen LogP contribution in [0.4, 0.5) is 10.1 Å². The number of hydrogen-bond acceptors (Lipinski definition) is 2. The van der Waals surface area contributed by atoms with Gasteiger partial charge >= 0.3 is 0 Å². The third-order valence-corrected chi connectivity index (χ3v) is 6.47. The van der Waals surface area contributed by atoms with Gasteiger partial charge in [-0.3, -0.25) is 4.31 Å². The molecule has 0 saturated heterocycles. The third kappa shape index (κ3) is 3.15. The van der Waals surface area contributed by atoms with E-state index in [1.54, 1.807) is 24.3 Å². The SMILES string of the molecule is Cc1ccc(S(=O)(=O)N2CC=C(c3ccccc3)c3cc(F)ccc32)cc1. The van der Waals surface area contributed by atoms with Gasteiger partial charge in [-0.1, -0.05) is 54.1 Å². The molecule has 0 N–H and O–H groups in total. The van der Waals surface area contributed by atoms with E-state index in [1.165, 1.54) is 22.5 Å². The highest BCUT2D eigenvalue weighted by atomic mass is 32.2. The van der Waals surface area contributed by atoms with E-state index in [1.807, 2.05) is 43.3 Å². The lowest BCUT2D eigenvalue weighted by molar-refractivity contribution is 0.592. The molecule has 1 aliphatic heterocycles. The molecule has 0 unspecified atom stereocenters. The summed E-state index contributed by atoms with van der Waals surface area (Å²) in [5.74, 6) is -0.398. The van der Waals surface area contributed by atoms with Crippen molar-refractivity contribution >= 4 is 21.3 Å². The quantitative estimate of drug-likeness (QED) is 0.657. The number of hydrogen-bond donors (Lipinski definition) is 0. The minimum absolute atomic E-state index is 0.194. The van der Waals surface area contributed by atoms with E-state index in [4.69, 9.17) is 0 Å². The molecule has 3 aromatic rings. The van der Waals surface area contributed by atoms with Crippen molar-refractivity contribution in [2.75, 3.05) is 10.8 Å². The van der Waals surface area contributed by atoms with Crippen LogP contribution >= 0.6 is 0 Å². The lowest BCUT2D eigenvalue weighted by Crippen LogP contribution is -2.34. The first-order valence-corrected chi connectivity index (χ1v) is 10.1.